The number of H-pyrrole nitrogens is 2. The summed E-state index contributed by atoms with van der Waals surface area (Å²) in [5.74, 6) is 0. The van der Waals surface area contributed by atoms with Gasteiger partial charge in [0.2, 0.25) is 0 Å². The molecule has 0 radical (unpaired) electrons. The molecule has 0 unspecified atom stereocenters. The number of hydrogen-bond donors (Lipinski definition) is 2. The van der Waals surface area contributed by atoms with Crippen LogP contribution in [-0.2, 0) is 0 Å². The summed E-state index contributed by atoms with van der Waals surface area (Å²) in [4.78, 5) is 4.29. The van der Waals surface area contributed by atoms with Gasteiger partial charge in [-0.1, -0.05) is 23.4 Å². The summed E-state index contributed by atoms with van der Waals surface area (Å²) in [6.07, 6.45) is 1.73. The van der Waals surface area contributed by atoms with E-state index in [1.165, 1.54) is 0 Å². The van der Waals surface area contributed by atoms with Crippen LogP contribution in [0.25, 0.3) is 33.7 Å². The van der Waals surface area contributed by atoms with E-state index in [0.29, 0.717) is 5.69 Å². The Hall–Kier alpha value is -2.76. The van der Waals surface area contributed by atoms with Gasteiger partial charge in [-0.2, -0.15) is 5.10 Å². The predicted octanol–water partition coefficient (Wildman–Crippen LogP) is 1.85. The third-order valence-electron chi connectivity index (χ3n) is 2.94. The number of hydrogen-bond acceptors (Lipinski definition) is 4. The highest BCUT2D eigenvalue weighted by molar-refractivity contribution is 5.94. The van der Waals surface area contributed by atoms with E-state index in [1.54, 1.807) is 6.20 Å². The fraction of sp³-hybridized carbons (Fsp3) is 0. The lowest BCUT2D eigenvalue weighted by Gasteiger charge is -2.01. The number of aromatic nitrogens is 6. The molecular formula is C12H8N6. The van der Waals surface area contributed by atoms with Crippen molar-refractivity contribution in [2.75, 3.05) is 0 Å². The zero-order valence-corrected chi connectivity index (χ0v) is 9.25. The predicted molar refractivity (Wildman–Crippen MR) is 65.9 cm³/mol. The molecule has 0 saturated heterocycles. The first-order chi connectivity index (χ1) is 8.93. The van der Waals surface area contributed by atoms with Gasteiger partial charge in [-0.3, -0.25) is 15.2 Å². The van der Waals surface area contributed by atoms with Crippen LogP contribution in [0.1, 0.15) is 0 Å². The Bertz CT molecular complexity index is 799. The molecular weight excluding hydrogens is 228 g/mol. The van der Waals surface area contributed by atoms with E-state index < -0.39 is 0 Å². The summed E-state index contributed by atoms with van der Waals surface area (Å²) in [5, 5.41) is 19.1. The first-order valence-electron chi connectivity index (χ1n) is 5.53. The number of aromatic amines is 2. The van der Waals surface area contributed by atoms with Crippen molar-refractivity contribution in [3.63, 3.8) is 0 Å². The highest BCUT2D eigenvalue weighted by Gasteiger charge is 2.18. The van der Waals surface area contributed by atoms with Gasteiger partial charge in [-0.05, 0) is 12.1 Å². The van der Waals surface area contributed by atoms with Crippen molar-refractivity contribution in [1.82, 2.24) is 30.6 Å². The van der Waals surface area contributed by atoms with Crippen molar-refractivity contribution in [3.05, 3.63) is 36.5 Å². The van der Waals surface area contributed by atoms with Crippen molar-refractivity contribution in [3.8, 4) is 22.8 Å². The Morgan fingerprint density at radius 2 is 1.83 bits per heavy atom. The third kappa shape index (κ3) is 1.17. The molecule has 0 amide bonds. The van der Waals surface area contributed by atoms with Crippen LogP contribution in [0, 0.1) is 0 Å². The molecule has 6 nitrogen and oxygen atoms in total. The quantitative estimate of drug-likeness (QED) is 0.528. The van der Waals surface area contributed by atoms with E-state index in [1.807, 2.05) is 30.3 Å². The van der Waals surface area contributed by atoms with E-state index in [-0.39, 0.29) is 0 Å². The van der Waals surface area contributed by atoms with Crippen LogP contribution in [0.5, 0.6) is 0 Å². The number of benzene rings is 1. The maximum atomic E-state index is 4.31. The summed E-state index contributed by atoms with van der Waals surface area (Å²) < 4.78 is 0. The smallest absolute Gasteiger partial charge is 0.143 e. The fourth-order valence-corrected chi connectivity index (χ4v) is 2.09. The zero-order valence-electron chi connectivity index (χ0n) is 9.25. The molecule has 0 spiro atoms. The molecule has 0 aliphatic carbocycles. The fourth-order valence-electron chi connectivity index (χ4n) is 2.09. The third-order valence-corrected chi connectivity index (χ3v) is 2.94. The van der Waals surface area contributed by atoms with Gasteiger partial charge in [0.05, 0.1) is 11.2 Å². The van der Waals surface area contributed by atoms with Crippen LogP contribution in [0.4, 0.5) is 0 Å². The topological polar surface area (TPSA) is 83.1 Å². The molecule has 2 aliphatic rings. The second kappa shape index (κ2) is 3.36. The van der Waals surface area contributed by atoms with Crippen LogP contribution < -0.4 is 0 Å². The maximum absolute atomic E-state index is 4.31. The molecule has 6 heteroatoms. The molecule has 2 aliphatic heterocycles. The van der Waals surface area contributed by atoms with Crippen LogP contribution in [0.2, 0.25) is 0 Å². The molecule has 3 heterocycles. The van der Waals surface area contributed by atoms with Crippen LogP contribution in [0.3, 0.4) is 0 Å². The average molecular weight is 236 g/mol. The van der Waals surface area contributed by atoms with Crippen molar-refractivity contribution >= 4 is 10.9 Å². The van der Waals surface area contributed by atoms with Crippen LogP contribution in [-0.4, -0.2) is 30.6 Å². The Kier molecular flexibility index (Phi) is 1.74. The van der Waals surface area contributed by atoms with E-state index in [0.717, 1.165) is 28.0 Å². The van der Waals surface area contributed by atoms with Crippen molar-refractivity contribution in [2.24, 2.45) is 0 Å². The van der Waals surface area contributed by atoms with Gasteiger partial charge in [0.15, 0.2) is 0 Å². The van der Waals surface area contributed by atoms with Crippen molar-refractivity contribution < 1.29 is 0 Å². The molecule has 0 bridgehead atoms. The van der Waals surface area contributed by atoms with Gasteiger partial charge in [-0.15, -0.1) is 5.10 Å². The maximum Gasteiger partial charge on any atom is 0.143 e. The van der Waals surface area contributed by atoms with Gasteiger partial charge < -0.3 is 0 Å². The molecule has 4 rings (SSSR count). The SMILES string of the molecule is c1ccc2c(-c3nn[nH]c4ccnc3-4)n[nH]c2c1. The standard InChI is InChI=1S/C12H8N6/c1-2-4-8-7(3-1)10(16-14-8)12-11-9(5-6-13-11)15-18-17-12/h1-6H,(H,14,16)(H,15,17). The Morgan fingerprint density at radius 3 is 2.83 bits per heavy atom. The molecule has 86 valence electrons. The summed E-state index contributed by atoms with van der Waals surface area (Å²) in [6.45, 7) is 0. The average Bonchev–Trinajstić information content (AvgIpc) is 3.05. The van der Waals surface area contributed by atoms with E-state index >= 15 is 0 Å². The largest absolute Gasteiger partial charge is 0.277 e. The van der Waals surface area contributed by atoms with Crippen molar-refractivity contribution in [2.45, 2.75) is 0 Å². The molecule has 18 heavy (non-hydrogen) atoms. The number of rotatable bonds is 1. The second-order valence-corrected chi connectivity index (χ2v) is 3.99. The van der Waals surface area contributed by atoms with Gasteiger partial charge >= 0.3 is 0 Å². The molecule has 2 N–H and O–H groups in total. The summed E-state index contributed by atoms with van der Waals surface area (Å²) >= 11 is 0. The lowest BCUT2D eigenvalue weighted by Crippen LogP contribution is -1.97. The number of nitrogens with zero attached hydrogens (tertiary/aromatic N) is 4. The van der Waals surface area contributed by atoms with Gasteiger partial charge in [0, 0.05) is 11.6 Å². The summed E-state index contributed by atoms with van der Waals surface area (Å²) in [7, 11) is 0. The van der Waals surface area contributed by atoms with Crippen LogP contribution >= 0.6 is 0 Å². The molecule has 1 aromatic carbocycles. The Balaban J connectivity index is 2.06. The van der Waals surface area contributed by atoms with Gasteiger partial charge in [-0.25, -0.2) is 0 Å². The molecule has 0 atom stereocenters. The van der Waals surface area contributed by atoms with E-state index in [9.17, 15) is 0 Å². The summed E-state index contributed by atoms with van der Waals surface area (Å²) in [5.41, 5.74) is 4.07. The molecule has 2 aromatic rings. The summed E-state index contributed by atoms with van der Waals surface area (Å²) in [6, 6.07) is 9.78. The van der Waals surface area contributed by atoms with E-state index in [2.05, 4.69) is 30.6 Å². The van der Waals surface area contributed by atoms with Crippen LogP contribution in [0.15, 0.2) is 36.5 Å². The number of para-hydroxylation sites is 1. The highest BCUT2D eigenvalue weighted by atomic mass is 15.3. The number of nitrogens with one attached hydrogen (secondary N) is 2. The Labute approximate surface area is 101 Å². The lowest BCUT2D eigenvalue weighted by atomic mass is 10.1. The molecule has 1 aromatic heterocycles. The number of fused-ring (bicyclic) bond motifs is 2. The first-order valence-corrected chi connectivity index (χ1v) is 5.53. The second-order valence-electron chi connectivity index (χ2n) is 3.99. The first kappa shape index (κ1) is 9.29. The van der Waals surface area contributed by atoms with E-state index in [4.69, 9.17) is 0 Å². The zero-order chi connectivity index (χ0) is 11.9. The van der Waals surface area contributed by atoms with Crippen molar-refractivity contribution in [1.29, 1.82) is 0 Å². The minimum absolute atomic E-state index is 0.686. The normalized spacial score (nSPS) is 11.3. The van der Waals surface area contributed by atoms with Gasteiger partial charge in [0.25, 0.3) is 0 Å². The highest BCUT2D eigenvalue weighted by Crippen LogP contribution is 2.30. The molecule has 0 fully saturated rings. The minimum Gasteiger partial charge on any atom is -0.277 e. The lowest BCUT2D eigenvalue weighted by molar-refractivity contribution is 0.869. The van der Waals surface area contributed by atoms with Gasteiger partial charge in [0.1, 0.15) is 17.1 Å². The monoisotopic (exact) mass is 236 g/mol. The Morgan fingerprint density at radius 1 is 0.889 bits per heavy atom. The minimum atomic E-state index is 0.686. The molecule has 0 saturated carbocycles.